The molecule has 4 nitrogen and oxygen atoms in total. The normalized spacial score (nSPS) is 15.4. The number of amides is 1. The molecule has 0 bridgehead atoms. The number of hydrogen-bond acceptors (Lipinski definition) is 4. The van der Waals surface area contributed by atoms with E-state index in [0.717, 1.165) is 6.42 Å². The molecular weight excluding hydrogens is 248 g/mol. The smallest absolute Gasteiger partial charge is 0.410 e. The van der Waals surface area contributed by atoms with Crippen LogP contribution < -0.4 is 5.73 Å². The lowest BCUT2D eigenvalue weighted by Crippen LogP contribution is -2.39. The molecular formula is C13H20N2O2S. The minimum Gasteiger partial charge on any atom is -0.444 e. The van der Waals surface area contributed by atoms with Crippen molar-refractivity contribution in [3.05, 3.63) is 21.4 Å². The SMILES string of the molecule is CC(C)(C)OC(=O)N1CCc2c(CN)csc2C1. The molecule has 18 heavy (non-hydrogen) atoms. The molecule has 0 aromatic carbocycles. The van der Waals surface area contributed by atoms with Crippen LogP contribution in [0.1, 0.15) is 36.8 Å². The maximum absolute atomic E-state index is 12.0. The molecule has 2 N–H and O–H groups in total. The van der Waals surface area contributed by atoms with Gasteiger partial charge in [0.1, 0.15) is 5.60 Å². The fourth-order valence-electron chi connectivity index (χ4n) is 2.05. The number of carbonyl (C=O) groups excluding carboxylic acids is 1. The summed E-state index contributed by atoms with van der Waals surface area (Å²) in [4.78, 5) is 15.0. The van der Waals surface area contributed by atoms with E-state index in [-0.39, 0.29) is 6.09 Å². The second kappa shape index (κ2) is 4.90. The molecule has 0 saturated heterocycles. The fraction of sp³-hybridized carbons (Fsp3) is 0.615. The van der Waals surface area contributed by atoms with Crippen molar-refractivity contribution in [3.63, 3.8) is 0 Å². The Balaban J connectivity index is 2.06. The van der Waals surface area contributed by atoms with Crippen LogP contribution in [0.3, 0.4) is 0 Å². The first kappa shape index (κ1) is 13.4. The summed E-state index contributed by atoms with van der Waals surface area (Å²) in [6.45, 7) is 7.60. The molecule has 0 unspecified atom stereocenters. The van der Waals surface area contributed by atoms with Crippen molar-refractivity contribution in [2.45, 2.75) is 45.9 Å². The minimum atomic E-state index is -0.435. The van der Waals surface area contributed by atoms with Gasteiger partial charge in [-0.05, 0) is 43.7 Å². The molecule has 100 valence electrons. The van der Waals surface area contributed by atoms with Crippen LogP contribution in [0.15, 0.2) is 5.38 Å². The van der Waals surface area contributed by atoms with E-state index in [0.29, 0.717) is 19.6 Å². The number of ether oxygens (including phenoxy) is 1. The molecule has 1 aromatic rings. The monoisotopic (exact) mass is 268 g/mol. The Bertz CT molecular complexity index is 448. The Labute approximate surface area is 112 Å². The lowest BCUT2D eigenvalue weighted by atomic mass is 10.0. The highest BCUT2D eigenvalue weighted by molar-refractivity contribution is 7.10. The minimum absolute atomic E-state index is 0.226. The van der Waals surface area contributed by atoms with Crippen molar-refractivity contribution in [1.29, 1.82) is 0 Å². The van der Waals surface area contributed by atoms with Crippen molar-refractivity contribution in [1.82, 2.24) is 4.90 Å². The van der Waals surface area contributed by atoms with E-state index in [1.165, 1.54) is 16.0 Å². The van der Waals surface area contributed by atoms with Gasteiger partial charge in [0.2, 0.25) is 0 Å². The number of rotatable bonds is 1. The van der Waals surface area contributed by atoms with Gasteiger partial charge in [-0.15, -0.1) is 11.3 Å². The van der Waals surface area contributed by atoms with Crippen LogP contribution in [0, 0.1) is 0 Å². The Morgan fingerprint density at radius 3 is 2.89 bits per heavy atom. The second-order valence-electron chi connectivity index (χ2n) is 5.52. The van der Waals surface area contributed by atoms with Crippen molar-refractivity contribution >= 4 is 17.4 Å². The Hall–Kier alpha value is -1.07. The van der Waals surface area contributed by atoms with Gasteiger partial charge in [0.05, 0.1) is 6.54 Å². The average Bonchev–Trinajstić information content (AvgIpc) is 2.68. The Morgan fingerprint density at radius 1 is 1.56 bits per heavy atom. The van der Waals surface area contributed by atoms with E-state index in [9.17, 15) is 4.79 Å². The first-order chi connectivity index (χ1) is 8.40. The summed E-state index contributed by atoms with van der Waals surface area (Å²) >= 11 is 1.69. The van der Waals surface area contributed by atoms with E-state index in [2.05, 4.69) is 5.38 Å². The predicted octanol–water partition coefficient (Wildman–Crippen LogP) is 2.50. The van der Waals surface area contributed by atoms with Gasteiger partial charge in [0.15, 0.2) is 0 Å². The van der Waals surface area contributed by atoms with Gasteiger partial charge in [-0.1, -0.05) is 0 Å². The number of hydrogen-bond donors (Lipinski definition) is 1. The molecule has 1 aromatic heterocycles. The summed E-state index contributed by atoms with van der Waals surface area (Å²) in [6, 6.07) is 0. The Morgan fingerprint density at radius 2 is 2.28 bits per heavy atom. The quantitative estimate of drug-likeness (QED) is 0.851. The zero-order chi connectivity index (χ0) is 13.3. The zero-order valence-electron chi connectivity index (χ0n) is 11.2. The summed E-state index contributed by atoms with van der Waals surface area (Å²) in [5, 5.41) is 2.10. The number of thiophene rings is 1. The molecule has 2 rings (SSSR count). The van der Waals surface area contributed by atoms with Gasteiger partial charge < -0.3 is 15.4 Å². The van der Waals surface area contributed by atoms with Crippen LogP contribution >= 0.6 is 11.3 Å². The van der Waals surface area contributed by atoms with E-state index >= 15 is 0 Å². The molecule has 0 fully saturated rings. The molecule has 0 aliphatic carbocycles. The van der Waals surface area contributed by atoms with E-state index < -0.39 is 5.60 Å². The van der Waals surface area contributed by atoms with Crippen LogP contribution in [0.2, 0.25) is 0 Å². The van der Waals surface area contributed by atoms with Gasteiger partial charge in [0.25, 0.3) is 0 Å². The van der Waals surface area contributed by atoms with Crippen LogP contribution in [-0.2, 0) is 24.2 Å². The van der Waals surface area contributed by atoms with E-state index in [1.54, 1.807) is 16.2 Å². The van der Waals surface area contributed by atoms with Gasteiger partial charge in [0, 0.05) is 18.0 Å². The standard InChI is InChI=1S/C13H20N2O2S/c1-13(2,3)17-12(16)15-5-4-10-9(6-14)8-18-11(10)7-15/h8H,4-7,14H2,1-3H3. The second-order valence-corrected chi connectivity index (χ2v) is 6.48. The molecule has 0 saturated carbocycles. The summed E-state index contributed by atoms with van der Waals surface area (Å²) in [7, 11) is 0. The maximum atomic E-state index is 12.0. The van der Waals surface area contributed by atoms with E-state index in [1.807, 2.05) is 20.8 Å². The van der Waals surface area contributed by atoms with Gasteiger partial charge >= 0.3 is 6.09 Å². The first-order valence-electron chi connectivity index (χ1n) is 6.17. The number of nitrogens with two attached hydrogens (primary N) is 1. The highest BCUT2D eigenvalue weighted by Gasteiger charge is 2.27. The average molecular weight is 268 g/mol. The van der Waals surface area contributed by atoms with Crippen molar-refractivity contribution < 1.29 is 9.53 Å². The first-order valence-corrected chi connectivity index (χ1v) is 7.05. The third-order valence-corrected chi connectivity index (χ3v) is 3.97. The molecule has 1 amide bonds. The third kappa shape index (κ3) is 2.84. The molecule has 0 spiro atoms. The zero-order valence-corrected chi connectivity index (χ0v) is 12.0. The summed E-state index contributed by atoms with van der Waals surface area (Å²) in [5.74, 6) is 0. The maximum Gasteiger partial charge on any atom is 0.410 e. The summed E-state index contributed by atoms with van der Waals surface area (Å²) < 4.78 is 5.39. The molecule has 5 heteroatoms. The van der Waals surface area contributed by atoms with Crippen LogP contribution in [0.25, 0.3) is 0 Å². The highest BCUT2D eigenvalue weighted by atomic mass is 32.1. The Kier molecular flexibility index (Phi) is 3.64. The summed E-state index contributed by atoms with van der Waals surface area (Å²) in [5.41, 5.74) is 7.82. The molecule has 2 heterocycles. The van der Waals surface area contributed by atoms with Crippen molar-refractivity contribution in [2.75, 3.05) is 6.54 Å². The highest BCUT2D eigenvalue weighted by Crippen LogP contribution is 2.29. The molecule has 0 radical (unpaired) electrons. The van der Waals surface area contributed by atoms with E-state index in [4.69, 9.17) is 10.5 Å². The largest absolute Gasteiger partial charge is 0.444 e. The molecule has 1 aliphatic rings. The summed E-state index contributed by atoms with van der Waals surface area (Å²) in [6.07, 6.45) is 0.654. The fourth-order valence-corrected chi connectivity index (χ4v) is 3.18. The number of fused-ring (bicyclic) bond motifs is 1. The molecule has 1 aliphatic heterocycles. The van der Waals surface area contributed by atoms with Crippen molar-refractivity contribution in [2.24, 2.45) is 5.73 Å². The van der Waals surface area contributed by atoms with Gasteiger partial charge in [-0.3, -0.25) is 0 Å². The predicted molar refractivity (Wildman–Crippen MR) is 72.6 cm³/mol. The lowest BCUT2D eigenvalue weighted by molar-refractivity contribution is 0.0226. The molecule has 0 atom stereocenters. The lowest BCUT2D eigenvalue weighted by Gasteiger charge is -2.30. The van der Waals surface area contributed by atoms with Crippen molar-refractivity contribution in [3.8, 4) is 0 Å². The van der Waals surface area contributed by atoms with Gasteiger partial charge in [-0.2, -0.15) is 0 Å². The number of nitrogens with zero attached hydrogens (tertiary/aromatic N) is 1. The van der Waals surface area contributed by atoms with Gasteiger partial charge in [-0.25, -0.2) is 4.79 Å². The topological polar surface area (TPSA) is 55.6 Å². The number of carbonyl (C=O) groups is 1. The third-order valence-electron chi connectivity index (χ3n) is 2.91. The van der Waals surface area contributed by atoms with Crippen LogP contribution in [0.4, 0.5) is 4.79 Å². The van der Waals surface area contributed by atoms with Crippen LogP contribution in [0.5, 0.6) is 0 Å². The van der Waals surface area contributed by atoms with Crippen LogP contribution in [-0.4, -0.2) is 23.1 Å².